The van der Waals surface area contributed by atoms with E-state index in [1.54, 1.807) is 0 Å². The molecule has 1 amide bonds. The van der Waals surface area contributed by atoms with E-state index in [0.29, 0.717) is 4.34 Å². The molecule has 1 N–H and O–H groups in total. The van der Waals surface area contributed by atoms with Crippen molar-refractivity contribution in [2.75, 3.05) is 13.6 Å². The number of likely N-dealkylation sites (N-methyl/N-ethyl adjacent to an activating group) is 1. The maximum atomic E-state index is 12.4. The van der Waals surface area contributed by atoms with E-state index in [1.807, 2.05) is 31.2 Å². The van der Waals surface area contributed by atoms with Gasteiger partial charge in [0.15, 0.2) is 0 Å². The lowest BCUT2D eigenvalue weighted by atomic mass is 10.1. The molecule has 0 fully saturated rings. The number of thiophene rings is 1. The van der Waals surface area contributed by atoms with Crippen molar-refractivity contribution in [2.24, 2.45) is 0 Å². The van der Waals surface area contributed by atoms with Crippen molar-refractivity contribution < 1.29 is 13.2 Å². The molecule has 0 aliphatic rings. The second-order valence-electron chi connectivity index (χ2n) is 5.70. The van der Waals surface area contributed by atoms with Crippen LogP contribution in [0.1, 0.15) is 31.0 Å². The molecule has 0 radical (unpaired) electrons. The Morgan fingerprint density at radius 3 is 2.40 bits per heavy atom. The van der Waals surface area contributed by atoms with Crippen LogP contribution in [0.5, 0.6) is 0 Å². The third-order valence-electron chi connectivity index (χ3n) is 3.84. The molecule has 136 valence electrons. The molecule has 8 heteroatoms. The summed E-state index contributed by atoms with van der Waals surface area (Å²) in [5, 5.41) is 2.83. The van der Waals surface area contributed by atoms with Gasteiger partial charge < -0.3 is 5.32 Å². The lowest BCUT2D eigenvalue weighted by Crippen LogP contribution is -2.39. The topological polar surface area (TPSA) is 66.5 Å². The maximum Gasteiger partial charge on any atom is 0.252 e. The molecule has 0 spiro atoms. The van der Waals surface area contributed by atoms with Crippen molar-refractivity contribution in [3.63, 3.8) is 0 Å². The minimum atomic E-state index is -3.72. The minimum Gasteiger partial charge on any atom is -0.348 e. The highest BCUT2D eigenvalue weighted by Crippen LogP contribution is 2.27. The smallest absolute Gasteiger partial charge is 0.252 e. The first-order chi connectivity index (χ1) is 11.7. The summed E-state index contributed by atoms with van der Waals surface area (Å²) in [7, 11) is -2.34. The zero-order valence-corrected chi connectivity index (χ0v) is 16.7. The van der Waals surface area contributed by atoms with Crippen LogP contribution in [-0.2, 0) is 21.2 Å². The van der Waals surface area contributed by atoms with Crippen LogP contribution in [0.4, 0.5) is 0 Å². The summed E-state index contributed by atoms with van der Waals surface area (Å²) in [6.45, 7) is 3.69. The molecule has 0 bridgehead atoms. The number of rotatable bonds is 7. The highest BCUT2D eigenvalue weighted by Gasteiger charge is 2.25. The fraction of sp³-hybridized carbons (Fsp3) is 0.353. The van der Waals surface area contributed by atoms with Gasteiger partial charge in [-0.2, -0.15) is 4.31 Å². The Bertz CT molecular complexity index is 832. The van der Waals surface area contributed by atoms with Crippen molar-refractivity contribution in [1.29, 1.82) is 0 Å². The largest absolute Gasteiger partial charge is 0.348 e. The molecule has 2 rings (SSSR count). The van der Waals surface area contributed by atoms with Gasteiger partial charge in [-0.25, -0.2) is 8.42 Å². The minimum absolute atomic E-state index is 0.121. The van der Waals surface area contributed by atoms with Crippen LogP contribution < -0.4 is 5.32 Å². The van der Waals surface area contributed by atoms with Crippen molar-refractivity contribution >= 4 is 38.9 Å². The molecule has 25 heavy (non-hydrogen) atoms. The lowest BCUT2D eigenvalue weighted by Gasteiger charge is -2.19. The highest BCUT2D eigenvalue weighted by atomic mass is 35.5. The Morgan fingerprint density at radius 1 is 1.24 bits per heavy atom. The number of amides is 1. The van der Waals surface area contributed by atoms with Crippen molar-refractivity contribution in [3.05, 3.63) is 51.9 Å². The Kier molecular flexibility index (Phi) is 6.62. The average molecular weight is 401 g/mol. The molecule has 2 aromatic rings. The van der Waals surface area contributed by atoms with Gasteiger partial charge in [0.1, 0.15) is 4.21 Å². The first-order valence-electron chi connectivity index (χ1n) is 7.84. The molecular formula is C17H21ClN2O3S2. The molecule has 0 saturated carbocycles. The summed E-state index contributed by atoms with van der Waals surface area (Å²) < 4.78 is 26.3. The number of carbonyl (C=O) groups is 1. The number of nitrogens with one attached hydrogen (secondary N) is 1. The predicted molar refractivity (Wildman–Crippen MR) is 102 cm³/mol. The standard InChI is InChI=1S/C17H21ClN2O3S2/c1-4-13-5-7-14(8-6-13)12(2)19-16(21)11-20(3)25(22,23)17-10-9-15(18)24-17/h5-10,12H,4,11H2,1-3H3,(H,19,21). The average Bonchev–Trinajstić information content (AvgIpc) is 3.02. The summed E-state index contributed by atoms with van der Waals surface area (Å²) in [4.78, 5) is 12.2. The third-order valence-corrected chi connectivity index (χ3v) is 7.35. The normalized spacial score (nSPS) is 13.0. The molecule has 1 aromatic carbocycles. The van der Waals surface area contributed by atoms with Gasteiger partial charge in [-0.3, -0.25) is 4.79 Å². The Balaban J connectivity index is 1.98. The van der Waals surface area contributed by atoms with Crippen LogP contribution in [-0.4, -0.2) is 32.2 Å². The van der Waals surface area contributed by atoms with E-state index in [4.69, 9.17) is 11.6 Å². The summed E-state index contributed by atoms with van der Waals surface area (Å²) >= 11 is 6.76. The van der Waals surface area contributed by atoms with E-state index in [9.17, 15) is 13.2 Å². The van der Waals surface area contributed by atoms with Gasteiger partial charge in [-0.05, 0) is 36.6 Å². The van der Waals surface area contributed by atoms with Crippen LogP contribution in [0.3, 0.4) is 0 Å². The monoisotopic (exact) mass is 400 g/mol. The van der Waals surface area contributed by atoms with Gasteiger partial charge in [0, 0.05) is 7.05 Å². The molecule has 0 saturated heterocycles. The molecule has 0 aliphatic carbocycles. The molecule has 1 atom stereocenters. The molecule has 5 nitrogen and oxygen atoms in total. The van der Waals surface area contributed by atoms with Gasteiger partial charge in [0.05, 0.1) is 16.9 Å². The molecule has 1 aromatic heterocycles. The van der Waals surface area contributed by atoms with E-state index >= 15 is 0 Å². The van der Waals surface area contributed by atoms with Crippen LogP contribution in [0, 0.1) is 0 Å². The first kappa shape index (κ1) is 19.9. The fourth-order valence-electron chi connectivity index (χ4n) is 2.29. The number of benzene rings is 1. The number of carbonyl (C=O) groups excluding carboxylic acids is 1. The maximum absolute atomic E-state index is 12.4. The molecule has 1 unspecified atom stereocenters. The second kappa shape index (κ2) is 8.31. The Morgan fingerprint density at radius 2 is 1.88 bits per heavy atom. The Labute approximate surface area is 157 Å². The van der Waals surface area contributed by atoms with Gasteiger partial charge >= 0.3 is 0 Å². The van der Waals surface area contributed by atoms with Crippen molar-refractivity contribution in [1.82, 2.24) is 9.62 Å². The van der Waals surface area contributed by atoms with E-state index in [1.165, 1.54) is 24.7 Å². The lowest BCUT2D eigenvalue weighted by molar-refractivity contribution is -0.121. The van der Waals surface area contributed by atoms with E-state index in [-0.39, 0.29) is 22.7 Å². The van der Waals surface area contributed by atoms with Gasteiger partial charge in [0.25, 0.3) is 10.0 Å². The third kappa shape index (κ3) is 5.04. The van der Waals surface area contributed by atoms with Crippen molar-refractivity contribution in [3.8, 4) is 0 Å². The molecule has 0 aliphatic heterocycles. The van der Waals surface area contributed by atoms with E-state index < -0.39 is 10.0 Å². The summed E-state index contributed by atoms with van der Waals surface area (Å²) in [6.07, 6.45) is 0.955. The SMILES string of the molecule is CCc1ccc(C(C)NC(=O)CN(C)S(=O)(=O)c2ccc(Cl)s2)cc1. The van der Waals surface area contributed by atoms with Crippen LogP contribution in [0.15, 0.2) is 40.6 Å². The van der Waals surface area contributed by atoms with Gasteiger partial charge in [0.2, 0.25) is 5.91 Å². The second-order valence-corrected chi connectivity index (χ2v) is 9.69. The summed E-state index contributed by atoms with van der Waals surface area (Å²) in [6, 6.07) is 10.7. The number of sulfonamides is 1. The zero-order valence-electron chi connectivity index (χ0n) is 14.3. The molecular weight excluding hydrogens is 380 g/mol. The first-order valence-corrected chi connectivity index (χ1v) is 10.5. The van der Waals surface area contributed by atoms with Crippen LogP contribution >= 0.6 is 22.9 Å². The van der Waals surface area contributed by atoms with E-state index in [0.717, 1.165) is 27.6 Å². The van der Waals surface area contributed by atoms with Crippen molar-refractivity contribution in [2.45, 2.75) is 30.5 Å². The number of nitrogens with zero attached hydrogens (tertiary/aromatic N) is 1. The van der Waals surface area contributed by atoms with Gasteiger partial charge in [-0.15, -0.1) is 11.3 Å². The zero-order chi connectivity index (χ0) is 18.6. The van der Waals surface area contributed by atoms with E-state index in [2.05, 4.69) is 12.2 Å². The number of hydrogen-bond acceptors (Lipinski definition) is 4. The van der Waals surface area contributed by atoms with Gasteiger partial charge in [-0.1, -0.05) is 42.8 Å². The number of halogens is 1. The van der Waals surface area contributed by atoms with Crippen LogP contribution in [0.2, 0.25) is 4.34 Å². The summed E-state index contributed by atoms with van der Waals surface area (Å²) in [5.41, 5.74) is 2.20. The Hall–Kier alpha value is -1.41. The summed E-state index contributed by atoms with van der Waals surface area (Å²) in [5.74, 6) is -0.360. The number of hydrogen-bond donors (Lipinski definition) is 1. The van der Waals surface area contributed by atoms with Crippen LogP contribution in [0.25, 0.3) is 0 Å². The number of aryl methyl sites for hydroxylation is 1. The quantitative estimate of drug-likeness (QED) is 0.773. The fourth-order valence-corrected chi connectivity index (χ4v) is 5.11. The molecule has 1 heterocycles. The highest BCUT2D eigenvalue weighted by molar-refractivity contribution is 7.91. The predicted octanol–water partition coefficient (Wildman–Crippen LogP) is 3.46.